The summed E-state index contributed by atoms with van der Waals surface area (Å²) in [6, 6.07) is 2.85. The zero-order valence-electron chi connectivity index (χ0n) is 12.8. The van der Waals surface area contributed by atoms with Crippen LogP contribution in [0.25, 0.3) is 0 Å². The lowest BCUT2D eigenvalue weighted by atomic mass is 9.90. The van der Waals surface area contributed by atoms with E-state index in [2.05, 4.69) is 0 Å². The molecular weight excluding hydrogens is 301 g/mol. The molecule has 124 valence electrons. The van der Waals surface area contributed by atoms with E-state index in [1.54, 1.807) is 20.8 Å². The van der Waals surface area contributed by atoms with Crippen molar-refractivity contribution < 1.29 is 32.9 Å². The largest absolute Gasteiger partial charge is 0.507 e. The molecule has 1 aromatic carbocycles. The first-order chi connectivity index (χ1) is 9.83. The zero-order chi connectivity index (χ0) is 17.3. The highest BCUT2D eigenvalue weighted by Gasteiger charge is 2.52. The summed E-state index contributed by atoms with van der Waals surface area (Å²) in [5, 5.41) is 19.3. The second kappa shape index (κ2) is 5.79. The van der Waals surface area contributed by atoms with Crippen molar-refractivity contribution in [3.8, 4) is 11.5 Å². The molecule has 0 aliphatic rings. The van der Waals surface area contributed by atoms with Gasteiger partial charge in [0.05, 0.1) is 5.41 Å². The molecule has 1 atom stereocenters. The van der Waals surface area contributed by atoms with Crippen LogP contribution in [-0.4, -0.2) is 22.4 Å². The van der Waals surface area contributed by atoms with Crippen molar-refractivity contribution in [1.29, 1.82) is 0 Å². The average Bonchev–Trinajstić information content (AvgIpc) is 2.37. The summed E-state index contributed by atoms with van der Waals surface area (Å²) >= 11 is 0. The first kappa shape index (κ1) is 18.3. The van der Waals surface area contributed by atoms with Crippen LogP contribution in [0.4, 0.5) is 13.2 Å². The Morgan fingerprint density at radius 1 is 1.23 bits per heavy atom. The molecule has 1 aromatic rings. The van der Waals surface area contributed by atoms with Gasteiger partial charge in [-0.25, -0.2) is 0 Å². The number of phenols is 1. The Hall–Kier alpha value is -1.76. The third-order valence-electron chi connectivity index (χ3n) is 3.69. The fourth-order valence-corrected chi connectivity index (χ4v) is 1.53. The minimum absolute atomic E-state index is 0.0919. The van der Waals surface area contributed by atoms with Crippen molar-refractivity contribution in [3.63, 3.8) is 0 Å². The van der Waals surface area contributed by atoms with E-state index in [-0.39, 0.29) is 5.75 Å². The van der Waals surface area contributed by atoms with Crippen molar-refractivity contribution in [2.75, 3.05) is 0 Å². The Labute approximate surface area is 126 Å². The summed E-state index contributed by atoms with van der Waals surface area (Å²) in [4.78, 5) is 11.9. The van der Waals surface area contributed by atoms with Crippen molar-refractivity contribution in [2.24, 2.45) is 5.41 Å². The number of aliphatic hydroxyl groups is 1. The molecule has 0 amide bonds. The van der Waals surface area contributed by atoms with Gasteiger partial charge >= 0.3 is 12.1 Å². The number of benzene rings is 1. The van der Waals surface area contributed by atoms with Gasteiger partial charge in [-0.1, -0.05) is 6.92 Å². The van der Waals surface area contributed by atoms with Crippen LogP contribution >= 0.6 is 0 Å². The molecule has 0 heterocycles. The molecule has 0 bridgehead atoms. The Morgan fingerprint density at radius 3 is 2.18 bits per heavy atom. The fraction of sp³-hybridized carbons (Fsp3) is 0.533. The lowest BCUT2D eigenvalue weighted by molar-refractivity contribution is -0.259. The molecular formula is C15H19F3O4. The summed E-state index contributed by atoms with van der Waals surface area (Å²) < 4.78 is 43.3. The molecule has 0 aromatic heterocycles. The van der Waals surface area contributed by atoms with Crippen LogP contribution in [0.5, 0.6) is 11.5 Å². The van der Waals surface area contributed by atoms with Crippen molar-refractivity contribution in [1.82, 2.24) is 0 Å². The molecule has 0 spiro atoms. The number of ether oxygens (including phenoxy) is 1. The minimum atomic E-state index is -4.95. The van der Waals surface area contributed by atoms with Crippen molar-refractivity contribution >= 4 is 5.97 Å². The van der Waals surface area contributed by atoms with Crippen molar-refractivity contribution in [3.05, 3.63) is 23.8 Å². The topological polar surface area (TPSA) is 66.8 Å². The van der Waals surface area contributed by atoms with E-state index in [4.69, 9.17) is 4.74 Å². The number of halogens is 3. The number of rotatable bonds is 4. The normalized spacial score (nSPS) is 15.3. The average molecular weight is 320 g/mol. The van der Waals surface area contributed by atoms with Gasteiger partial charge in [-0.05, 0) is 39.3 Å². The van der Waals surface area contributed by atoms with Crippen LogP contribution in [0.15, 0.2) is 18.2 Å². The quantitative estimate of drug-likeness (QED) is 0.658. The lowest BCUT2D eigenvalue weighted by Gasteiger charge is -2.27. The summed E-state index contributed by atoms with van der Waals surface area (Å²) in [6.07, 6.45) is -4.44. The van der Waals surface area contributed by atoms with Gasteiger partial charge in [-0.2, -0.15) is 13.2 Å². The van der Waals surface area contributed by atoms with Gasteiger partial charge in [0.15, 0.2) is 5.60 Å². The van der Waals surface area contributed by atoms with Gasteiger partial charge in [0.1, 0.15) is 11.5 Å². The number of hydrogen-bond donors (Lipinski definition) is 2. The summed E-state index contributed by atoms with van der Waals surface area (Å²) in [5.74, 6) is -1.46. The maximum absolute atomic E-state index is 12.8. The van der Waals surface area contributed by atoms with Crippen LogP contribution in [0, 0.1) is 5.41 Å². The Morgan fingerprint density at radius 2 is 1.77 bits per heavy atom. The molecule has 0 aliphatic carbocycles. The minimum Gasteiger partial charge on any atom is -0.507 e. The highest BCUT2D eigenvalue weighted by atomic mass is 19.4. The number of phenolic OH excluding ortho intramolecular Hbond substituents is 1. The second-order valence-corrected chi connectivity index (χ2v) is 5.88. The number of alkyl halides is 3. The smallest absolute Gasteiger partial charge is 0.421 e. The third-order valence-corrected chi connectivity index (χ3v) is 3.69. The molecule has 0 aliphatic heterocycles. The first-order valence-corrected chi connectivity index (χ1v) is 6.68. The maximum Gasteiger partial charge on any atom is 0.421 e. The fourth-order valence-electron chi connectivity index (χ4n) is 1.53. The first-order valence-electron chi connectivity index (χ1n) is 6.68. The molecule has 0 radical (unpaired) electrons. The number of aromatic hydroxyl groups is 1. The van der Waals surface area contributed by atoms with Crippen molar-refractivity contribution in [2.45, 2.75) is 45.9 Å². The van der Waals surface area contributed by atoms with Gasteiger partial charge in [-0.15, -0.1) is 0 Å². The molecule has 4 nitrogen and oxygen atoms in total. The highest BCUT2D eigenvalue weighted by molar-refractivity contribution is 5.78. The van der Waals surface area contributed by atoms with E-state index in [0.717, 1.165) is 18.2 Å². The summed E-state index contributed by atoms with van der Waals surface area (Å²) in [7, 11) is 0. The molecule has 22 heavy (non-hydrogen) atoms. The molecule has 7 heteroatoms. The highest BCUT2D eigenvalue weighted by Crippen LogP contribution is 2.43. The van der Waals surface area contributed by atoms with Gasteiger partial charge in [0.2, 0.25) is 0 Å². The van der Waals surface area contributed by atoms with Crippen LogP contribution in [0.1, 0.15) is 39.7 Å². The van der Waals surface area contributed by atoms with Gasteiger partial charge in [-0.3, -0.25) is 4.79 Å². The molecule has 0 fully saturated rings. The van der Waals surface area contributed by atoms with E-state index < -0.39 is 34.5 Å². The van der Waals surface area contributed by atoms with E-state index in [0.29, 0.717) is 13.3 Å². The number of carbonyl (C=O) groups excluding carboxylic acids is 1. The predicted molar refractivity (Wildman–Crippen MR) is 73.4 cm³/mol. The van der Waals surface area contributed by atoms with Crippen LogP contribution < -0.4 is 4.74 Å². The Kier molecular flexibility index (Phi) is 4.82. The molecule has 0 saturated carbocycles. The number of carbonyl (C=O) groups is 1. The van der Waals surface area contributed by atoms with E-state index >= 15 is 0 Å². The molecule has 1 unspecified atom stereocenters. The predicted octanol–water partition coefficient (Wildman–Crippen LogP) is 3.50. The van der Waals surface area contributed by atoms with E-state index in [1.165, 1.54) is 0 Å². The monoisotopic (exact) mass is 320 g/mol. The third kappa shape index (κ3) is 3.52. The van der Waals surface area contributed by atoms with Crippen LogP contribution in [0.2, 0.25) is 0 Å². The SMILES string of the molecule is CCC(C)(C)C(=O)Oc1ccc(C(C)(O)C(F)(F)F)c(O)c1. The van der Waals surface area contributed by atoms with Crippen LogP contribution in [0.3, 0.4) is 0 Å². The zero-order valence-corrected chi connectivity index (χ0v) is 12.8. The molecule has 1 rings (SSSR count). The number of hydrogen-bond acceptors (Lipinski definition) is 4. The van der Waals surface area contributed by atoms with Gasteiger partial charge < -0.3 is 14.9 Å². The standard InChI is InChI=1S/C15H19F3O4/c1-5-13(2,3)12(20)22-9-6-7-10(11(19)8-9)14(4,21)15(16,17)18/h6-8,19,21H,5H2,1-4H3. The number of esters is 1. The van der Waals surface area contributed by atoms with Crippen LogP contribution in [-0.2, 0) is 10.4 Å². The Balaban J connectivity index is 3.08. The van der Waals surface area contributed by atoms with Gasteiger partial charge in [0, 0.05) is 11.6 Å². The molecule has 2 N–H and O–H groups in total. The lowest BCUT2D eigenvalue weighted by Crippen LogP contribution is -2.39. The summed E-state index contributed by atoms with van der Waals surface area (Å²) in [5.41, 5.74) is -4.68. The summed E-state index contributed by atoms with van der Waals surface area (Å²) in [6.45, 7) is 5.66. The second-order valence-electron chi connectivity index (χ2n) is 5.88. The Bertz CT molecular complexity index is 562. The van der Waals surface area contributed by atoms with E-state index in [9.17, 15) is 28.2 Å². The van der Waals surface area contributed by atoms with E-state index in [1.807, 2.05) is 0 Å². The maximum atomic E-state index is 12.8. The molecule has 0 saturated heterocycles. The van der Waals surface area contributed by atoms with Gasteiger partial charge in [0.25, 0.3) is 0 Å².